The molecule has 0 bridgehead atoms. The molecule has 1 aromatic carbocycles. The highest BCUT2D eigenvalue weighted by atomic mass is 16.5. The van der Waals surface area contributed by atoms with Gasteiger partial charge in [0.05, 0.1) is 31.3 Å². The predicted molar refractivity (Wildman–Crippen MR) is 142 cm³/mol. The highest BCUT2D eigenvalue weighted by molar-refractivity contribution is 5.99. The highest BCUT2D eigenvalue weighted by Crippen LogP contribution is 2.24. The zero-order chi connectivity index (χ0) is 25.5. The number of anilines is 4. The van der Waals surface area contributed by atoms with Crippen LogP contribution < -0.4 is 20.4 Å². The van der Waals surface area contributed by atoms with E-state index in [4.69, 9.17) is 19.7 Å². The van der Waals surface area contributed by atoms with E-state index in [2.05, 4.69) is 42.5 Å². The molecule has 2 aliphatic heterocycles. The molecule has 12 nitrogen and oxygen atoms in total. The number of nitrogens with zero attached hydrogens (tertiary/aromatic N) is 8. The monoisotopic (exact) mass is 504 g/mol. The van der Waals surface area contributed by atoms with Crippen molar-refractivity contribution in [3.05, 3.63) is 42.7 Å². The third kappa shape index (κ3) is 6.46. The van der Waals surface area contributed by atoms with Crippen molar-refractivity contribution in [1.29, 1.82) is 0 Å². The number of carbonyl (C=O) groups excluding carboxylic acids is 1. The molecule has 4 heterocycles. The van der Waals surface area contributed by atoms with Crippen LogP contribution in [0.2, 0.25) is 0 Å². The molecule has 12 heteroatoms. The summed E-state index contributed by atoms with van der Waals surface area (Å²) in [6, 6.07) is 8.80. The molecule has 0 saturated carbocycles. The fraction of sp³-hybridized carbons (Fsp3) is 0.440. The van der Waals surface area contributed by atoms with Crippen LogP contribution in [0.5, 0.6) is 0 Å². The summed E-state index contributed by atoms with van der Waals surface area (Å²) in [5.41, 5.74) is 2.07. The summed E-state index contributed by atoms with van der Waals surface area (Å²) in [5.74, 6) is 1.99. The number of nitrogens with one attached hydrogen (secondary N) is 2. The maximum Gasteiger partial charge on any atom is 0.323 e. The van der Waals surface area contributed by atoms with Gasteiger partial charge in [-0.1, -0.05) is 6.92 Å². The fourth-order valence-electron chi connectivity index (χ4n) is 4.38. The number of rotatable bonds is 6. The minimum Gasteiger partial charge on any atom is -0.378 e. The average Bonchev–Trinajstić information content (AvgIpc) is 3.20. The summed E-state index contributed by atoms with van der Waals surface area (Å²) in [5, 5.41) is 13.0. The molecule has 37 heavy (non-hydrogen) atoms. The van der Waals surface area contributed by atoms with Crippen LogP contribution in [0.4, 0.5) is 28.1 Å². The summed E-state index contributed by atoms with van der Waals surface area (Å²) in [4.78, 5) is 33.8. The Balaban J connectivity index is 1.36. The fourth-order valence-corrected chi connectivity index (χ4v) is 4.38. The van der Waals surface area contributed by atoms with Gasteiger partial charge in [-0.2, -0.15) is 25.1 Å². The molecule has 0 spiro atoms. The Morgan fingerprint density at radius 3 is 2.27 bits per heavy atom. The van der Waals surface area contributed by atoms with Gasteiger partial charge in [-0.25, -0.2) is 4.79 Å². The first-order valence-electron chi connectivity index (χ1n) is 12.7. The van der Waals surface area contributed by atoms with Gasteiger partial charge in [-0.3, -0.25) is 0 Å². The Bertz CT molecular complexity index is 1170. The largest absolute Gasteiger partial charge is 0.378 e. The van der Waals surface area contributed by atoms with Crippen molar-refractivity contribution in [2.24, 2.45) is 0 Å². The van der Waals surface area contributed by atoms with Gasteiger partial charge in [0, 0.05) is 44.0 Å². The molecule has 2 aromatic heterocycles. The lowest BCUT2D eigenvalue weighted by molar-refractivity contribution is 0.122. The molecule has 2 N–H and O–H groups in total. The van der Waals surface area contributed by atoms with Crippen molar-refractivity contribution in [1.82, 2.24) is 30.0 Å². The van der Waals surface area contributed by atoms with Gasteiger partial charge in [0.15, 0.2) is 5.82 Å². The third-order valence-electron chi connectivity index (χ3n) is 6.47. The van der Waals surface area contributed by atoms with Crippen LogP contribution in [0.1, 0.15) is 13.3 Å². The number of benzene rings is 1. The molecule has 0 atom stereocenters. The second-order valence-electron chi connectivity index (χ2n) is 8.92. The van der Waals surface area contributed by atoms with Gasteiger partial charge in [0.25, 0.3) is 0 Å². The number of carbonyl (C=O) groups is 1. The van der Waals surface area contributed by atoms with E-state index in [1.165, 1.54) is 12.4 Å². The predicted octanol–water partition coefficient (Wildman–Crippen LogP) is 2.34. The minimum atomic E-state index is -0.361. The lowest BCUT2D eigenvalue weighted by Gasteiger charge is -2.28. The van der Waals surface area contributed by atoms with Crippen LogP contribution in [0.25, 0.3) is 11.4 Å². The second kappa shape index (κ2) is 11.9. The van der Waals surface area contributed by atoms with Crippen molar-refractivity contribution >= 4 is 29.3 Å². The topological polar surface area (TPSA) is 125 Å². The summed E-state index contributed by atoms with van der Waals surface area (Å²) in [7, 11) is 0. The first kappa shape index (κ1) is 24.8. The molecule has 2 saturated heterocycles. The number of likely N-dealkylation sites (N-methyl/N-ethyl adjacent to an activating group) is 1. The molecular weight excluding hydrogens is 472 g/mol. The third-order valence-corrected chi connectivity index (χ3v) is 6.47. The number of amides is 2. The molecule has 0 radical (unpaired) electrons. The van der Waals surface area contributed by atoms with Crippen LogP contribution >= 0.6 is 0 Å². The quantitative estimate of drug-likeness (QED) is 0.517. The first-order valence-corrected chi connectivity index (χ1v) is 12.7. The van der Waals surface area contributed by atoms with Gasteiger partial charge in [-0.05, 0) is 49.8 Å². The standard InChI is InChI=1S/C25H32N10O2/c1-2-33-10-3-11-34(13-12-33)23-30-22(31-24(32-23)35-14-16-37-17-15-35)19-4-6-20(7-5-19)28-25(36)29-21-8-9-26-27-18-21/h4-9,18H,2-3,10-17H2,1H3,(H2,26,28,29,36). The summed E-state index contributed by atoms with van der Waals surface area (Å²) in [6.07, 6.45) is 4.07. The number of morpholine rings is 1. The molecule has 2 fully saturated rings. The normalized spacial score (nSPS) is 16.8. The Morgan fingerprint density at radius 1 is 0.838 bits per heavy atom. The van der Waals surface area contributed by atoms with Gasteiger partial charge in [0.1, 0.15) is 0 Å². The average molecular weight is 505 g/mol. The molecule has 194 valence electrons. The van der Waals surface area contributed by atoms with Gasteiger partial charge < -0.3 is 30.1 Å². The smallest absolute Gasteiger partial charge is 0.323 e. The molecule has 2 aliphatic rings. The van der Waals surface area contributed by atoms with Crippen molar-refractivity contribution < 1.29 is 9.53 Å². The Kier molecular flexibility index (Phi) is 7.96. The van der Waals surface area contributed by atoms with Crippen LogP contribution in [0, 0.1) is 0 Å². The minimum absolute atomic E-state index is 0.361. The van der Waals surface area contributed by atoms with Crippen LogP contribution in [-0.4, -0.2) is 95.1 Å². The van der Waals surface area contributed by atoms with E-state index < -0.39 is 0 Å². The zero-order valence-electron chi connectivity index (χ0n) is 21.0. The molecule has 0 aliphatic carbocycles. The number of hydrogen-bond donors (Lipinski definition) is 2. The molecular formula is C25H32N10O2. The van der Waals surface area contributed by atoms with E-state index in [0.717, 1.165) is 57.8 Å². The number of urea groups is 1. The number of aromatic nitrogens is 5. The summed E-state index contributed by atoms with van der Waals surface area (Å²) in [6.45, 7) is 9.92. The molecule has 2 amide bonds. The van der Waals surface area contributed by atoms with Crippen LogP contribution in [-0.2, 0) is 4.74 Å². The molecule has 3 aromatic rings. The lowest BCUT2D eigenvalue weighted by atomic mass is 10.2. The van der Waals surface area contributed by atoms with E-state index in [0.29, 0.717) is 42.3 Å². The van der Waals surface area contributed by atoms with Crippen molar-refractivity contribution in [3.8, 4) is 11.4 Å². The van der Waals surface area contributed by atoms with Gasteiger partial charge in [-0.15, -0.1) is 0 Å². The van der Waals surface area contributed by atoms with Crippen molar-refractivity contribution in [2.45, 2.75) is 13.3 Å². The van der Waals surface area contributed by atoms with Crippen molar-refractivity contribution in [3.63, 3.8) is 0 Å². The Hall–Kier alpha value is -3.90. The first-order chi connectivity index (χ1) is 18.2. The Labute approximate surface area is 216 Å². The lowest BCUT2D eigenvalue weighted by Crippen LogP contribution is -2.38. The SMILES string of the molecule is CCN1CCCN(c2nc(-c3ccc(NC(=O)Nc4ccnnc4)cc3)nc(N3CCOCC3)n2)CC1. The van der Waals surface area contributed by atoms with Gasteiger partial charge in [0.2, 0.25) is 11.9 Å². The Morgan fingerprint density at radius 2 is 1.57 bits per heavy atom. The molecule has 0 unspecified atom stereocenters. The number of ether oxygens (including phenoxy) is 1. The van der Waals surface area contributed by atoms with Crippen molar-refractivity contribution in [2.75, 3.05) is 79.5 Å². The maximum atomic E-state index is 12.3. The van der Waals surface area contributed by atoms with Crippen LogP contribution in [0.3, 0.4) is 0 Å². The summed E-state index contributed by atoms with van der Waals surface area (Å²) < 4.78 is 5.53. The maximum absolute atomic E-state index is 12.3. The van der Waals surface area contributed by atoms with E-state index in [1.54, 1.807) is 6.07 Å². The van der Waals surface area contributed by atoms with E-state index in [-0.39, 0.29) is 6.03 Å². The van der Waals surface area contributed by atoms with Gasteiger partial charge >= 0.3 is 6.03 Å². The zero-order valence-corrected chi connectivity index (χ0v) is 21.0. The number of hydrogen-bond acceptors (Lipinski definition) is 10. The molecule has 5 rings (SSSR count). The second-order valence-corrected chi connectivity index (χ2v) is 8.92. The van der Waals surface area contributed by atoms with E-state index in [9.17, 15) is 4.79 Å². The van der Waals surface area contributed by atoms with E-state index in [1.807, 2.05) is 24.3 Å². The highest BCUT2D eigenvalue weighted by Gasteiger charge is 2.22. The van der Waals surface area contributed by atoms with E-state index >= 15 is 0 Å². The van der Waals surface area contributed by atoms with Crippen LogP contribution in [0.15, 0.2) is 42.7 Å². The summed E-state index contributed by atoms with van der Waals surface area (Å²) >= 11 is 0.